The van der Waals surface area contributed by atoms with Crippen molar-refractivity contribution in [2.75, 3.05) is 33.8 Å². The van der Waals surface area contributed by atoms with Gasteiger partial charge in [-0.1, -0.05) is 0 Å². The van der Waals surface area contributed by atoms with Crippen LogP contribution < -0.4 is 20.6 Å². The number of amides is 1. The van der Waals surface area contributed by atoms with Crippen LogP contribution in [-0.4, -0.2) is 39.7 Å². The topological polar surface area (TPSA) is 73.0 Å². The molecule has 27 heavy (non-hydrogen) atoms. The minimum Gasteiger partial charge on any atom is -0.483 e. The Kier molecular flexibility index (Phi) is 6.16. The SMILES string of the molecule is Cc1cc(OCC(=O)NCCC[NH+](C)C)c2c3c(c(=O)oc2c1)CCCC3. The largest absolute Gasteiger partial charge is 0.483 e. The molecule has 0 aliphatic heterocycles. The molecule has 0 spiro atoms. The van der Waals surface area contributed by atoms with Crippen LogP contribution in [0.2, 0.25) is 0 Å². The van der Waals surface area contributed by atoms with Gasteiger partial charge in [-0.25, -0.2) is 4.79 Å². The monoisotopic (exact) mass is 373 g/mol. The average molecular weight is 373 g/mol. The Bertz CT molecular complexity index is 886. The summed E-state index contributed by atoms with van der Waals surface area (Å²) >= 11 is 0. The molecule has 0 fully saturated rings. The van der Waals surface area contributed by atoms with Gasteiger partial charge >= 0.3 is 5.63 Å². The van der Waals surface area contributed by atoms with Gasteiger partial charge in [0, 0.05) is 18.5 Å². The zero-order valence-corrected chi connectivity index (χ0v) is 16.4. The summed E-state index contributed by atoms with van der Waals surface area (Å²) in [6.07, 6.45) is 4.57. The van der Waals surface area contributed by atoms with Crippen LogP contribution in [0.15, 0.2) is 21.3 Å². The summed E-state index contributed by atoms with van der Waals surface area (Å²) in [5, 5.41) is 3.74. The Morgan fingerprint density at radius 3 is 2.70 bits per heavy atom. The molecule has 0 radical (unpaired) electrons. The highest BCUT2D eigenvalue weighted by molar-refractivity contribution is 5.89. The number of nitrogens with one attached hydrogen (secondary N) is 2. The summed E-state index contributed by atoms with van der Waals surface area (Å²) in [4.78, 5) is 25.8. The minimum absolute atomic E-state index is 0.0404. The number of aryl methyl sites for hydroxylation is 2. The highest BCUT2D eigenvalue weighted by Gasteiger charge is 2.21. The zero-order valence-electron chi connectivity index (χ0n) is 16.4. The third-order valence-corrected chi connectivity index (χ3v) is 4.96. The number of quaternary nitrogens is 1. The first-order valence-electron chi connectivity index (χ1n) is 9.73. The molecule has 1 aliphatic rings. The molecule has 1 aromatic carbocycles. The van der Waals surface area contributed by atoms with Gasteiger partial charge in [-0.05, 0) is 55.9 Å². The van der Waals surface area contributed by atoms with Crippen molar-refractivity contribution < 1.29 is 18.8 Å². The number of hydrogen-bond acceptors (Lipinski definition) is 4. The third kappa shape index (κ3) is 4.69. The predicted octanol–water partition coefficient (Wildman–Crippen LogP) is 1.01. The lowest BCUT2D eigenvalue weighted by Crippen LogP contribution is -3.05. The van der Waals surface area contributed by atoms with Gasteiger partial charge < -0.3 is 19.4 Å². The number of hydrogen-bond donors (Lipinski definition) is 2. The van der Waals surface area contributed by atoms with Gasteiger partial charge in [0.15, 0.2) is 6.61 Å². The number of carbonyl (C=O) groups is 1. The average Bonchev–Trinajstić information content (AvgIpc) is 2.63. The first kappa shape index (κ1) is 19.4. The van der Waals surface area contributed by atoms with Crippen LogP contribution in [0.25, 0.3) is 11.0 Å². The Labute approximate surface area is 159 Å². The minimum atomic E-state index is -0.241. The fourth-order valence-electron chi connectivity index (χ4n) is 3.64. The van der Waals surface area contributed by atoms with Gasteiger partial charge in [0.2, 0.25) is 0 Å². The molecule has 0 unspecified atom stereocenters. The van der Waals surface area contributed by atoms with Crippen LogP contribution in [0, 0.1) is 6.92 Å². The van der Waals surface area contributed by atoms with Gasteiger partial charge in [-0.2, -0.15) is 0 Å². The third-order valence-electron chi connectivity index (χ3n) is 4.96. The number of benzene rings is 1. The van der Waals surface area contributed by atoms with Crippen LogP contribution in [-0.2, 0) is 17.6 Å². The Morgan fingerprint density at radius 1 is 1.22 bits per heavy atom. The molecule has 146 valence electrons. The molecule has 6 nitrogen and oxygen atoms in total. The zero-order chi connectivity index (χ0) is 19.4. The molecule has 0 bridgehead atoms. The van der Waals surface area contributed by atoms with E-state index in [0.717, 1.165) is 60.7 Å². The van der Waals surface area contributed by atoms with E-state index in [0.29, 0.717) is 17.9 Å². The van der Waals surface area contributed by atoms with Gasteiger partial charge in [-0.15, -0.1) is 0 Å². The summed E-state index contributed by atoms with van der Waals surface area (Å²) in [5.41, 5.74) is 3.03. The molecule has 1 heterocycles. The molecule has 1 aliphatic carbocycles. The second-order valence-corrected chi connectivity index (χ2v) is 7.64. The van der Waals surface area contributed by atoms with Crippen molar-refractivity contribution >= 4 is 16.9 Å². The van der Waals surface area contributed by atoms with Crippen LogP contribution in [0.5, 0.6) is 5.75 Å². The van der Waals surface area contributed by atoms with Crippen molar-refractivity contribution in [3.05, 3.63) is 39.2 Å². The van der Waals surface area contributed by atoms with E-state index in [4.69, 9.17) is 9.15 Å². The first-order valence-corrected chi connectivity index (χ1v) is 9.73. The van der Waals surface area contributed by atoms with Gasteiger partial charge in [0.05, 0.1) is 26.0 Å². The molecule has 6 heteroatoms. The van der Waals surface area contributed by atoms with Crippen LogP contribution >= 0.6 is 0 Å². The maximum Gasteiger partial charge on any atom is 0.339 e. The molecular weight excluding hydrogens is 344 g/mol. The summed E-state index contributed by atoms with van der Waals surface area (Å²) in [6.45, 7) is 3.54. The molecule has 0 atom stereocenters. The van der Waals surface area contributed by atoms with E-state index in [1.54, 1.807) is 0 Å². The highest BCUT2D eigenvalue weighted by atomic mass is 16.5. The van der Waals surface area contributed by atoms with E-state index in [1.807, 2.05) is 19.1 Å². The maximum atomic E-state index is 12.3. The van der Waals surface area contributed by atoms with Crippen molar-refractivity contribution in [2.24, 2.45) is 0 Å². The van der Waals surface area contributed by atoms with E-state index in [2.05, 4.69) is 19.4 Å². The van der Waals surface area contributed by atoms with Crippen LogP contribution in [0.1, 0.15) is 36.0 Å². The molecule has 1 amide bonds. The Hall–Kier alpha value is -2.34. The van der Waals surface area contributed by atoms with E-state index >= 15 is 0 Å². The highest BCUT2D eigenvalue weighted by Crippen LogP contribution is 2.34. The second-order valence-electron chi connectivity index (χ2n) is 7.64. The van der Waals surface area contributed by atoms with Crippen molar-refractivity contribution in [1.29, 1.82) is 0 Å². The Balaban J connectivity index is 1.78. The maximum absolute atomic E-state index is 12.3. The lowest BCUT2D eigenvalue weighted by atomic mass is 9.90. The molecule has 3 rings (SSSR count). The van der Waals surface area contributed by atoms with Crippen LogP contribution in [0.4, 0.5) is 0 Å². The normalized spacial score (nSPS) is 13.6. The molecule has 1 aromatic heterocycles. The predicted molar refractivity (Wildman–Crippen MR) is 105 cm³/mol. The second kappa shape index (κ2) is 8.57. The fourth-order valence-corrected chi connectivity index (χ4v) is 3.64. The molecule has 2 aromatic rings. The molecule has 0 saturated carbocycles. The first-order chi connectivity index (χ1) is 13.0. The van der Waals surface area contributed by atoms with Crippen molar-refractivity contribution in [2.45, 2.75) is 39.0 Å². The smallest absolute Gasteiger partial charge is 0.339 e. The standard InChI is InChI=1S/C21H28N2O4/c1-14-11-17(26-13-19(24)22-9-6-10-23(2)3)20-15-7-4-5-8-16(15)21(25)27-18(20)12-14/h11-12H,4-10,13H2,1-3H3,(H,22,24)/p+1. The fraction of sp³-hybridized carbons (Fsp3) is 0.524. The van der Waals surface area contributed by atoms with E-state index < -0.39 is 0 Å². The Morgan fingerprint density at radius 2 is 1.96 bits per heavy atom. The van der Waals surface area contributed by atoms with Gasteiger partial charge in [0.25, 0.3) is 5.91 Å². The van der Waals surface area contributed by atoms with E-state index in [-0.39, 0.29) is 18.1 Å². The number of rotatable bonds is 7. The van der Waals surface area contributed by atoms with Crippen molar-refractivity contribution in [1.82, 2.24) is 5.32 Å². The van der Waals surface area contributed by atoms with Crippen molar-refractivity contribution in [3.8, 4) is 5.75 Å². The quantitative estimate of drug-likeness (QED) is 0.561. The van der Waals surface area contributed by atoms with Gasteiger partial charge in [-0.3, -0.25) is 4.79 Å². The number of ether oxygens (including phenoxy) is 1. The summed E-state index contributed by atoms with van der Waals surface area (Å²) in [7, 11) is 4.18. The number of carbonyl (C=O) groups excluding carboxylic acids is 1. The summed E-state index contributed by atoms with van der Waals surface area (Å²) in [5.74, 6) is 0.490. The molecule has 0 saturated heterocycles. The lowest BCUT2D eigenvalue weighted by molar-refractivity contribution is -0.858. The molecule has 2 N–H and O–H groups in total. The summed E-state index contributed by atoms with van der Waals surface area (Å²) in [6, 6.07) is 3.78. The van der Waals surface area contributed by atoms with E-state index in [1.165, 1.54) is 4.90 Å². The van der Waals surface area contributed by atoms with Crippen molar-refractivity contribution in [3.63, 3.8) is 0 Å². The van der Waals surface area contributed by atoms with Crippen LogP contribution in [0.3, 0.4) is 0 Å². The number of fused-ring (bicyclic) bond motifs is 3. The van der Waals surface area contributed by atoms with Gasteiger partial charge in [0.1, 0.15) is 11.3 Å². The lowest BCUT2D eigenvalue weighted by Gasteiger charge is -2.19. The summed E-state index contributed by atoms with van der Waals surface area (Å²) < 4.78 is 11.4. The molecular formula is C21H29N2O4+. The van der Waals surface area contributed by atoms with E-state index in [9.17, 15) is 9.59 Å².